The molecule has 0 aromatic heterocycles. The zero-order chi connectivity index (χ0) is 12.2. The van der Waals surface area contributed by atoms with E-state index in [1.54, 1.807) is 0 Å². The van der Waals surface area contributed by atoms with Gasteiger partial charge in [-0.15, -0.1) is 0 Å². The van der Waals surface area contributed by atoms with E-state index in [0.717, 1.165) is 19.4 Å². The fourth-order valence-corrected chi connectivity index (χ4v) is 2.02. The highest BCUT2D eigenvalue weighted by atomic mass is 16.1. The molecule has 0 spiro atoms. The Morgan fingerprint density at radius 3 is 2.50 bits per heavy atom. The summed E-state index contributed by atoms with van der Waals surface area (Å²) in [6.07, 6.45) is 5.42. The second kappa shape index (κ2) is 5.81. The van der Waals surface area contributed by atoms with E-state index in [9.17, 15) is 4.79 Å². The summed E-state index contributed by atoms with van der Waals surface area (Å²) in [6.45, 7) is 9.44. The predicted octanol–water partition coefficient (Wildman–Crippen LogP) is 3.16. The van der Waals surface area contributed by atoms with Crippen molar-refractivity contribution in [2.45, 2.75) is 65.8 Å². The molecule has 0 heterocycles. The molecule has 1 unspecified atom stereocenters. The van der Waals surface area contributed by atoms with Gasteiger partial charge in [0.1, 0.15) is 5.78 Å². The summed E-state index contributed by atoms with van der Waals surface area (Å²) in [4.78, 5) is 12.0. The molecule has 1 saturated carbocycles. The molecular formula is C14H27NO. The maximum Gasteiger partial charge on any atom is 0.139 e. The molecule has 1 fully saturated rings. The van der Waals surface area contributed by atoms with Gasteiger partial charge in [0, 0.05) is 24.4 Å². The lowest BCUT2D eigenvalue weighted by Gasteiger charge is -2.29. The first kappa shape index (κ1) is 13.7. The largest absolute Gasteiger partial charge is 0.313 e. The van der Waals surface area contributed by atoms with Gasteiger partial charge in [-0.2, -0.15) is 0 Å². The van der Waals surface area contributed by atoms with Crippen molar-refractivity contribution in [2.75, 3.05) is 6.54 Å². The van der Waals surface area contributed by atoms with Crippen LogP contribution < -0.4 is 5.32 Å². The number of carbonyl (C=O) groups excluding carboxylic acids is 1. The maximum atomic E-state index is 12.0. The first-order valence-electron chi connectivity index (χ1n) is 6.74. The Bertz CT molecular complexity index is 225. The van der Waals surface area contributed by atoms with Gasteiger partial charge < -0.3 is 5.32 Å². The van der Waals surface area contributed by atoms with Crippen molar-refractivity contribution < 1.29 is 4.79 Å². The molecule has 0 aliphatic heterocycles. The van der Waals surface area contributed by atoms with Crippen molar-refractivity contribution in [3.8, 4) is 0 Å². The van der Waals surface area contributed by atoms with E-state index in [2.05, 4.69) is 26.1 Å². The van der Waals surface area contributed by atoms with Gasteiger partial charge in [-0.05, 0) is 31.6 Å². The molecule has 0 radical (unpaired) electrons. The molecule has 0 aromatic carbocycles. The van der Waals surface area contributed by atoms with Crippen LogP contribution in [0.4, 0.5) is 0 Å². The lowest BCUT2D eigenvalue weighted by atomic mass is 9.78. The van der Waals surface area contributed by atoms with Gasteiger partial charge in [0.2, 0.25) is 0 Å². The van der Waals surface area contributed by atoms with Crippen molar-refractivity contribution in [1.29, 1.82) is 0 Å². The van der Waals surface area contributed by atoms with E-state index in [0.29, 0.717) is 24.2 Å². The molecule has 16 heavy (non-hydrogen) atoms. The van der Waals surface area contributed by atoms with Crippen molar-refractivity contribution in [3.05, 3.63) is 0 Å². The van der Waals surface area contributed by atoms with Crippen LogP contribution in [0.15, 0.2) is 0 Å². The molecule has 1 N–H and O–H groups in total. The Hall–Kier alpha value is -0.370. The first-order valence-corrected chi connectivity index (χ1v) is 6.74. The van der Waals surface area contributed by atoms with Crippen LogP contribution in [0.25, 0.3) is 0 Å². The maximum absolute atomic E-state index is 12.0. The number of carbonyl (C=O) groups is 1. The molecule has 1 atom stereocenters. The fourth-order valence-electron chi connectivity index (χ4n) is 2.02. The van der Waals surface area contributed by atoms with Gasteiger partial charge in [0.15, 0.2) is 0 Å². The zero-order valence-corrected chi connectivity index (χ0v) is 11.3. The monoisotopic (exact) mass is 225 g/mol. The topological polar surface area (TPSA) is 29.1 Å². The van der Waals surface area contributed by atoms with Crippen LogP contribution in [0.3, 0.4) is 0 Å². The third kappa shape index (κ3) is 4.25. The van der Waals surface area contributed by atoms with Gasteiger partial charge >= 0.3 is 0 Å². The average Bonchev–Trinajstić information content (AvgIpc) is 3.06. The van der Waals surface area contributed by atoms with Gasteiger partial charge in [0.25, 0.3) is 0 Å². The van der Waals surface area contributed by atoms with Crippen LogP contribution in [0.2, 0.25) is 0 Å². The highest BCUT2D eigenvalue weighted by Crippen LogP contribution is 2.29. The first-order chi connectivity index (χ1) is 7.48. The molecular weight excluding hydrogens is 198 g/mol. The zero-order valence-electron chi connectivity index (χ0n) is 11.3. The number of Topliss-reactive ketones (excluding diaryl/α,β-unsaturated/α-hetero) is 1. The summed E-state index contributed by atoms with van der Waals surface area (Å²) in [7, 11) is 0. The van der Waals surface area contributed by atoms with Crippen LogP contribution in [0, 0.1) is 11.3 Å². The highest BCUT2D eigenvalue weighted by molar-refractivity contribution is 5.84. The van der Waals surface area contributed by atoms with Crippen molar-refractivity contribution in [1.82, 2.24) is 5.32 Å². The third-order valence-electron chi connectivity index (χ3n) is 3.63. The summed E-state index contributed by atoms with van der Waals surface area (Å²) in [5.74, 6) is 1.10. The van der Waals surface area contributed by atoms with Crippen LogP contribution in [0.1, 0.15) is 59.8 Å². The lowest BCUT2D eigenvalue weighted by molar-refractivity contribution is -0.128. The average molecular weight is 225 g/mol. The normalized spacial score (nSPS) is 19.8. The molecule has 0 aromatic rings. The minimum Gasteiger partial charge on any atom is -0.313 e. The molecule has 0 bridgehead atoms. The molecule has 1 aliphatic rings. The van der Waals surface area contributed by atoms with E-state index in [1.807, 2.05) is 6.92 Å². The Morgan fingerprint density at radius 1 is 1.44 bits per heavy atom. The minimum atomic E-state index is -0.137. The van der Waals surface area contributed by atoms with Crippen molar-refractivity contribution in [2.24, 2.45) is 11.3 Å². The smallest absolute Gasteiger partial charge is 0.139 e. The van der Waals surface area contributed by atoms with Crippen LogP contribution >= 0.6 is 0 Å². The van der Waals surface area contributed by atoms with Crippen molar-refractivity contribution >= 4 is 5.78 Å². The quantitative estimate of drug-likeness (QED) is 0.687. The number of nitrogens with one attached hydrogen (secondary N) is 1. The predicted molar refractivity (Wildman–Crippen MR) is 68.5 cm³/mol. The van der Waals surface area contributed by atoms with Gasteiger partial charge in [0.05, 0.1) is 0 Å². The number of hydrogen-bond acceptors (Lipinski definition) is 2. The van der Waals surface area contributed by atoms with E-state index in [1.165, 1.54) is 12.8 Å². The summed E-state index contributed by atoms with van der Waals surface area (Å²) >= 11 is 0. The number of ketones is 1. The van der Waals surface area contributed by atoms with Gasteiger partial charge in [-0.3, -0.25) is 4.79 Å². The minimum absolute atomic E-state index is 0.137. The molecule has 2 nitrogen and oxygen atoms in total. The summed E-state index contributed by atoms with van der Waals surface area (Å²) in [6, 6.07) is 0.697. The Balaban J connectivity index is 2.47. The van der Waals surface area contributed by atoms with Crippen LogP contribution in [-0.2, 0) is 4.79 Å². The van der Waals surface area contributed by atoms with E-state index in [-0.39, 0.29) is 5.41 Å². The van der Waals surface area contributed by atoms with Crippen LogP contribution in [-0.4, -0.2) is 18.4 Å². The van der Waals surface area contributed by atoms with E-state index in [4.69, 9.17) is 0 Å². The SMILES string of the molecule is CCC(=O)C(C)(CCC(C)C)CNC1CC1. The Morgan fingerprint density at radius 2 is 2.06 bits per heavy atom. The van der Waals surface area contributed by atoms with Crippen molar-refractivity contribution in [3.63, 3.8) is 0 Å². The highest BCUT2D eigenvalue weighted by Gasteiger charge is 2.33. The summed E-state index contributed by atoms with van der Waals surface area (Å²) in [5.41, 5.74) is -0.137. The third-order valence-corrected chi connectivity index (χ3v) is 3.63. The van der Waals surface area contributed by atoms with Gasteiger partial charge in [-0.25, -0.2) is 0 Å². The van der Waals surface area contributed by atoms with Gasteiger partial charge in [-0.1, -0.05) is 27.7 Å². The second-order valence-electron chi connectivity index (χ2n) is 5.93. The Kier molecular flexibility index (Phi) is 4.97. The van der Waals surface area contributed by atoms with E-state index >= 15 is 0 Å². The molecule has 1 aliphatic carbocycles. The Labute approximate surface area is 100 Å². The summed E-state index contributed by atoms with van der Waals surface area (Å²) < 4.78 is 0. The molecule has 1 rings (SSSR count). The standard InChI is InChI=1S/C14H27NO/c1-5-13(16)14(4,9-8-11(2)3)10-15-12-6-7-12/h11-12,15H,5-10H2,1-4H3. The molecule has 94 valence electrons. The van der Waals surface area contributed by atoms with Crippen LogP contribution in [0.5, 0.6) is 0 Å². The molecule has 0 saturated heterocycles. The van der Waals surface area contributed by atoms with E-state index < -0.39 is 0 Å². The number of hydrogen-bond donors (Lipinski definition) is 1. The lowest BCUT2D eigenvalue weighted by Crippen LogP contribution is -2.39. The number of rotatable bonds is 8. The second-order valence-corrected chi connectivity index (χ2v) is 5.93. The summed E-state index contributed by atoms with van der Waals surface area (Å²) in [5, 5.41) is 3.52. The molecule has 2 heteroatoms. The fraction of sp³-hybridized carbons (Fsp3) is 0.929. The molecule has 0 amide bonds.